The number of hydrogen-bond donors (Lipinski definition) is 0. The molecular formula is C52H94O6. The molecule has 0 fully saturated rings. The maximum absolute atomic E-state index is 12.7. The van der Waals surface area contributed by atoms with E-state index in [1.54, 1.807) is 0 Å². The van der Waals surface area contributed by atoms with Crippen molar-refractivity contribution in [3.05, 3.63) is 36.5 Å². The fraction of sp³-hybridized carbons (Fsp3) is 0.827. The number of rotatable bonds is 45. The first kappa shape index (κ1) is 55.6. The molecule has 1 atom stereocenters. The second-order valence-corrected chi connectivity index (χ2v) is 16.7. The number of allylic oxidation sites excluding steroid dienone is 6. The third-order valence-corrected chi connectivity index (χ3v) is 10.9. The normalized spacial score (nSPS) is 12.3. The van der Waals surface area contributed by atoms with E-state index in [4.69, 9.17) is 14.2 Å². The fourth-order valence-electron chi connectivity index (χ4n) is 7.05. The maximum atomic E-state index is 12.7. The smallest absolute Gasteiger partial charge is 0.306 e. The molecule has 0 radical (unpaired) electrons. The summed E-state index contributed by atoms with van der Waals surface area (Å²) in [6.45, 7) is 6.57. The summed E-state index contributed by atoms with van der Waals surface area (Å²) in [5.41, 5.74) is 0. The molecule has 0 amide bonds. The van der Waals surface area contributed by atoms with E-state index < -0.39 is 6.10 Å². The zero-order valence-corrected chi connectivity index (χ0v) is 38.6. The molecule has 0 rings (SSSR count). The van der Waals surface area contributed by atoms with Crippen molar-refractivity contribution in [3.8, 4) is 0 Å². The zero-order valence-electron chi connectivity index (χ0n) is 38.6. The van der Waals surface area contributed by atoms with Gasteiger partial charge in [-0.05, 0) is 77.0 Å². The minimum Gasteiger partial charge on any atom is -0.462 e. The van der Waals surface area contributed by atoms with Crippen molar-refractivity contribution in [3.63, 3.8) is 0 Å². The van der Waals surface area contributed by atoms with Crippen molar-refractivity contribution in [1.29, 1.82) is 0 Å². The van der Waals surface area contributed by atoms with Gasteiger partial charge in [0, 0.05) is 19.3 Å². The van der Waals surface area contributed by atoms with Crippen molar-refractivity contribution in [2.45, 2.75) is 264 Å². The Hall–Kier alpha value is -2.37. The van der Waals surface area contributed by atoms with E-state index in [-0.39, 0.29) is 31.1 Å². The minimum absolute atomic E-state index is 0.0766. The number of carbonyl (C=O) groups excluding carboxylic acids is 3. The van der Waals surface area contributed by atoms with E-state index in [1.165, 1.54) is 141 Å². The average molecular weight is 815 g/mol. The highest BCUT2D eigenvalue weighted by atomic mass is 16.6. The summed E-state index contributed by atoms with van der Waals surface area (Å²) >= 11 is 0. The van der Waals surface area contributed by atoms with E-state index in [9.17, 15) is 14.4 Å². The van der Waals surface area contributed by atoms with Gasteiger partial charge in [0.25, 0.3) is 0 Å². The Labute approximate surface area is 359 Å². The van der Waals surface area contributed by atoms with Crippen LogP contribution < -0.4 is 0 Å². The van der Waals surface area contributed by atoms with E-state index >= 15 is 0 Å². The molecule has 0 aliphatic carbocycles. The van der Waals surface area contributed by atoms with Crippen LogP contribution in [0.2, 0.25) is 0 Å². The van der Waals surface area contributed by atoms with Gasteiger partial charge in [0.15, 0.2) is 6.10 Å². The van der Waals surface area contributed by atoms with Crippen LogP contribution in [0.5, 0.6) is 0 Å². The fourth-order valence-corrected chi connectivity index (χ4v) is 7.05. The number of carbonyl (C=O) groups is 3. The predicted octanol–water partition coefficient (Wildman–Crippen LogP) is 16.1. The summed E-state index contributed by atoms with van der Waals surface area (Å²) in [4.78, 5) is 37.7. The summed E-state index contributed by atoms with van der Waals surface area (Å²) in [6, 6.07) is 0. The van der Waals surface area contributed by atoms with Crippen LogP contribution in [0.25, 0.3) is 0 Å². The molecule has 6 nitrogen and oxygen atoms in total. The Kier molecular flexibility index (Phi) is 45.4. The quantitative estimate of drug-likeness (QED) is 0.0264. The molecule has 0 aromatic heterocycles. The van der Waals surface area contributed by atoms with Crippen molar-refractivity contribution in [2.24, 2.45) is 0 Å². The summed E-state index contributed by atoms with van der Waals surface area (Å²) in [5.74, 6) is -0.893. The highest BCUT2D eigenvalue weighted by molar-refractivity contribution is 5.71. The average Bonchev–Trinajstić information content (AvgIpc) is 3.22. The van der Waals surface area contributed by atoms with Gasteiger partial charge in [0.05, 0.1) is 0 Å². The van der Waals surface area contributed by atoms with Crippen molar-refractivity contribution < 1.29 is 28.6 Å². The first-order chi connectivity index (χ1) is 28.5. The van der Waals surface area contributed by atoms with Gasteiger partial charge in [-0.15, -0.1) is 0 Å². The maximum Gasteiger partial charge on any atom is 0.306 e. The molecule has 0 aromatic carbocycles. The molecule has 0 heterocycles. The molecule has 1 unspecified atom stereocenters. The third-order valence-electron chi connectivity index (χ3n) is 10.9. The summed E-state index contributed by atoms with van der Waals surface area (Å²) in [6.07, 6.45) is 54.2. The van der Waals surface area contributed by atoms with Gasteiger partial charge >= 0.3 is 17.9 Å². The molecule has 0 saturated heterocycles. The van der Waals surface area contributed by atoms with Gasteiger partial charge in [-0.2, -0.15) is 0 Å². The largest absolute Gasteiger partial charge is 0.462 e. The zero-order chi connectivity index (χ0) is 42.3. The van der Waals surface area contributed by atoms with Crippen LogP contribution in [0, 0.1) is 0 Å². The van der Waals surface area contributed by atoms with Crippen LogP contribution in [0.1, 0.15) is 258 Å². The second kappa shape index (κ2) is 47.3. The lowest BCUT2D eigenvalue weighted by Crippen LogP contribution is -2.30. The lowest BCUT2D eigenvalue weighted by atomic mass is 10.1. The van der Waals surface area contributed by atoms with Gasteiger partial charge < -0.3 is 14.2 Å². The van der Waals surface area contributed by atoms with Crippen LogP contribution in [-0.4, -0.2) is 37.2 Å². The van der Waals surface area contributed by atoms with Gasteiger partial charge in [-0.1, -0.05) is 198 Å². The first-order valence-electron chi connectivity index (χ1n) is 25.0. The van der Waals surface area contributed by atoms with Crippen LogP contribution in [0.3, 0.4) is 0 Å². The van der Waals surface area contributed by atoms with Crippen molar-refractivity contribution in [1.82, 2.24) is 0 Å². The Morgan fingerprint density at radius 3 is 0.983 bits per heavy atom. The van der Waals surface area contributed by atoms with E-state index in [1.807, 2.05) is 0 Å². The van der Waals surface area contributed by atoms with Gasteiger partial charge in [-0.3, -0.25) is 14.4 Å². The monoisotopic (exact) mass is 815 g/mol. The molecule has 0 bridgehead atoms. The predicted molar refractivity (Wildman–Crippen MR) is 247 cm³/mol. The van der Waals surface area contributed by atoms with Gasteiger partial charge in [0.2, 0.25) is 0 Å². The van der Waals surface area contributed by atoms with Gasteiger partial charge in [-0.25, -0.2) is 0 Å². The lowest BCUT2D eigenvalue weighted by Gasteiger charge is -2.18. The van der Waals surface area contributed by atoms with Crippen LogP contribution in [-0.2, 0) is 28.6 Å². The Morgan fingerprint density at radius 2 is 0.621 bits per heavy atom. The van der Waals surface area contributed by atoms with Crippen LogP contribution in [0.15, 0.2) is 36.5 Å². The molecular weight excluding hydrogens is 721 g/mol. The Bertz CT molecular complexity index is 984. The third kappa shape index (κ3) is 44.7. The number of ether oxygens (including phenoxy) is 3. The number of hydrogen-bond acceptors (Lipinski definition) is 6. The van der Waals surface area contributed by atoms with Crippen LogP contribution >= 0.6 is 0 Å². The Balaban J connectivity index is 4.27. The standard InChI is InChI=1S/C52H94O6/c1-4-7-10-13-16-18-20-22-24-25-26-28-29-31-33-36-39-42-45-51(54)57-48-49(47-56-50(53)44-41-38-35-15-12-9-6-3)58-52(55)46-43-40-37-34-32-30-27-23-21-19-17-14-11-8-5-2/h18,20,23-25,27,49H,4-17,19,21-22,26,28-48H2,1-3H3/b20-18-,25-24-,27-23-. The molecule has 0 aromatic rings. The molecule has 0 N–H and O–H groups in total. The van der Waals surface area contributed by atoms with Gasteiger partial charge in [0.1, 0.15) is 13.2 Å². The minimum atomic E-state index is -0.774. The lowest BCUT2D eigenvalue weighted by molar-refractivity contribution is -0.167. The second-order valence-electron chi connectivity index (χ2n) is 16.7. The molecule has 0 aliphatic heterocycles. The molecule has 0 aliphatic rings. The molecule has 58 heavy (non-hydrogen) atoms. The van der Waals surface area contributed by atoms with E-state index in [0.717, 1.165) is 77.0 Å². The molecule has 6 heteroatoms. The van der Waals surface area contributed by atoms with Crippen molar-refractivity contribution >= 4 is 17.9 Å². The SMILES string of the molecule is CCCCCC/C=C\C/C=C\CCCCCCCCCC(=O)OCC(COC(=O)CCCCCCCCC)OC(=O)CCCCCCC/C=C\CCCCCCCC. The summed E-state index contributed by atoms with van der Waals surface area (Å²) in [7, 11) is 0. The van der Waals surface area contributed by atoms with E-state index in [2.05, 4.69) is 57.2 Å². The first-order valence-corrected chi connectivity index (χ1v) is 25.0. The Morgan fingerprint density at radius 1 is 0.345 bits per heavy atom. The van der Waals surface area contributed by atoms with E-state index in [0.29, 0.717) is 19.3 Å². The topological polar surface area (TPSA) is 78.9 Å². The summed E-state index contributed by atoms with van der Waals surface area (Å²) in [5, 5.41) is 0. The highest BCUT2D eigenvalue weighted by Crippen LogP contribution is 2.14. The summed E-state index contributed by atoms with van der Waals surface area (Å²) < 4.78 is 16.7. The van der Waals surface area contributed by atoms with Crippen molar-refractivity contribution in [2.75, 3.05) is 13.2 Å². The number of esters is 3. The molecule has 338 valence electrons. The highest BCUT2D eigenvalue weighted by Gasteiger charge is 2.19. The van der Waals surface area contributed by atoms with Crippen LogP contribution in [0.4, 0.5) is 0 Å². The molecule has 0 spiro atoms. The molecule has 0 saturated carbocycles. The number of unbranched alkanes of at least 4 members (excludes halogenated alkanes) is 28.